The second kappa shape index (κ2) is 10.2. The molecule has 0 aromatic heterocycles. The number of carbonyl (C=O) groups is 2. The second-order valence-electron chi connectivity index (χ2n) is 8.96. The third-order valence-electron chi connectivity index (χ3n) is 6.50. The van der Waals surface area contributed by atoms with E-state index in [2.05, 4.69) is 0 Å². The van der Waals surface area contributed by atoms with Gasteiger partial charge in [-0.1, -0.05) is 6.07 Å². The maximum atomic E-state index is 13.3. The van der Waals surface area contributed by atoms with Crippen LogP contribution in [0, 0.1) is 0 Å². The number of aromatic hydroxyl groups is 2. The van der Waals surface area contributed by atoms with E-state index < -0.39 is 0 Å². The van der Waals surface area contributed by atoms with E-state index in [4.69, 9.17) is 9.47 Å². The summed E-state index contributed by atoms with van der Waals surface area (Å²) in [6.45, 7) is 2.34. The van der Waals surface area contributed by atoms with Crippen molar-refractivity contribution in [2.75, 3.05) is 26.2 Å². The molecule has 2 amide bonds. The fraction of sp³-hybridized carbons (Fsp3) is 0.286. The van der Waals surface area contributed by atoms with Crippen LogP contribution in [0.2, 0.25) is 0 Å². The molecule has 36 heavy (non-hydrogen) atoms. The van der Waals surface area contributed by atoms with Gasteiger partial charge in [0.2, 0.25) is 0 Å². The average Bonchev–Trinajstić information content (AvgIpc) is 2.87. The van der Waals surface area contributed by atoms with Crippen molar-refractivity contribution in [3.63, 3.8) is 0 Å². The van der Waals surface area contributed by atoms with E-state index in [0.717, 1.165) is 30.0 Å². The van der Waals surface area contributed by atoms with Gasteiger partial charge >= 0.3 is 0 Å². The molecule has 0 saturated carbocycles. The van der Waals surface area contributed by atoms with Gasteiger partial charge in [0.15, 0.2) is 11.5 Å². The van der Waals surface area contributed by atoms with Gasteiger partial charge in [0.05, 0.1) is 19.8 Å². The van der Waals surface area contributed by atoms with Crippen molar-refractivity contribution in [1.29, 1.82) is 0 Å². The van der Waals surface area contributed by atoms with E-state index in [1.165, 1.54) is 12.1 Å². The summed E-state index contributed by atoms with van der Waals surface area (Å²) in [6, 6.07) is 14.7. The van der Waals surface area contributed by atoms with E-state index in [1.54, 1.807) is 43.2 Å². The first-order valence-electron chi connectivity index (χ1n) is 11.7. The Morgan fingerprint density at radius 1 is 1.00 bits per heavy atom. The number of phenols is 2. The van der Waals surface area contributed by atoms with Gasteiger partial charge in [-0.25, -0.2) is 0 Å². The molecule has 0 aliphatic carbocycles. The Bertz CT molecular complexity index is 1310. The molecule has 1 aliphatic rings. The summed E-state index contributed by atoms with van der Waals surface area (Å²) in [6.07, 6.45) is 1.44. The minimum absolute atomic E-state index is 0.0903. The predicted molar refractivity (Wildman–Crippen MR) is 136 cm³/mol. The van der Waals surface area contributed by atoms with Gasteiger partial charge in [0.25, 0.3) is 11.8 Å². The van der Waals surface area contributed by atoms with Crippen LogP contribution < -0.4 is 14.4 Å². The number of rotatable bonds is 6. The van der Waals surface area contributed by atoms with Crippen LogP contribution in [-0.4, -0.2) is 54.2 Å². The van der Waals surface area contributed by atoms with E-state index >= 15 is 0 Å². The third-order valence-corrected chi connectivity index (χ3v) is 6.50. The lowest BCUT2D eigenvalue weighted by Gasteiger charge is -2.36. The number of hydrogen-bond donors (Lipinski definition) is 2. The number of hydrogen-bond acceptors (Lipinski definition) is 6. The number of benzene rings is 3. The second-order valence-corrected chi connectivity index (χ2v) is 8.96. The molecule has 1 heterocycles. The van der Waals surface area contributed by atoms with Crippen LogP contribution >= 0.6 is 0 Å². The minimum atomic E-state index is -0.356. The van der Waals surface area contributed by atoms with Gasteiger partial charge in [-0.05, 0) is 73.4 Å². The van der Waals surface area contributed by atoms with E-state index in [-0.39, 0.29) is 34.9 Å². The molecule has 188 valence electrons. The van der Waals surface area contributed by atoms with E-state index in [1.807, 2.05) is 31.2 Å². The van der Waals surface area contributed by atoms with Gasteiger partial charge in [-0.2, -0.15) is 0 Å². The number of anilines is 1. The zero-order chi connectivity index (χ0) is 26.0. The summed E-state index contributed by atoms with van der Waals surface area (Å²) in [7, 11) is 4.89. The van der Waals surface area contributed by atoms with Crippen LogP contribution in [0.4, 0.5) is 5.69 Å². The number of carbonyl (C=O) groups excluding carboxylic acids is 2. The summed E-state index contributed by atoms with van der Waals surface area (Å²) < 4.78 is 10.6. The maximum Gasteiger partial charge on any atom is 0.262 e. The first-order valence-corrected chi connectivity index (χ1v) is 11.7. The van der Waals surface area contributed by atoms with Gasteiger partial charge in [-0.3, -0.25) is 9.59 Å². The molecule has 3 aromatic carbocycles. The van der Waals surface area contributed by atoms with Gasteiger partial charge in [0.1, 0.15) is 11.5 Å². The highest BCUT2D eigenvalue weighted by molar-refractivity contribution is 6.09. The molecule has 2 N–H and O–H groups in total. The number of ether oxygens (including phenoxy) is 2. The Labute approximate surface area is 210 Å². The zero-order valence-electron chi connectivity index (χ0n) is 20.8. The number of nitrogens with zero attached hydrogens (tertiary/aromatic N) is 2. The standard InChI is InChI=1S/C28H30N2O6/c1-17-5-7-19-14-20(27(33)29(2)16-18-6-12-25(35-3)26(13-18)36-4)8-11-23(19)30(17)28(34)22-10-9-21(31)15-24(22)32/h6,8-15,17,31-32H,5,7,16H2,1-4H3. The predicted octanol–water partition coefficient (Wildman–Crippen LogP) is 4.37. The number of aryl methyl sites for hydroxylation is 1. The van der Waals surface area contributed by atoms with Crippen molar-refractivity contribution in [3.05, 3.63) is 76.9 Å². The molecular formula is C28H30N2O6. The normalized spacial score (nSPS) is 14.7. The molecule has 0 bridgehead atoms. The molecule has 3 aromatic rings. The molecular weight excluding hydrogens is 460 g/mol. The molecule has 1 unspecified atom stereocenters. The van der Waals surface area contributed by atoms with Crippen molar-refractivity contribution in [2.45, 2.75) is 32.4 Å². The van der Waals surface area contributed by atoms with Crippen molar-refractivity contribution in [2.24, 2.45) is 0 Å². The summed E-state index contributed by atoms with van der Waals surface area (Å²) >= 11 is 0. The van der Waals surface area contributed by atoms with Crippen LogP contribution in [0.3, 0.4) is 0 Å². The van der Waals surface area contributed by atoms with Gasteiger partial charge < -0.3 is 29.5 Å². The Kier molecular flexibility index (Phi) is 7.05. The highest BCUT2D eigenvalue weighted by atomic mass is 16.5. The lowest BCUT2D eigenvalue weighted by Crippen LogP contribution is -2.42. The topological polar surface area (TPSA) is 99.5 Å². The molecule has 4 rings (SSSR count). The number of methoxy groups -OCH3 is 2. The van der Waals surface area contributed by atoms with Gasteiger partial charge in [0, 0.05) is 37.0 Å². The largest absolute Gasteiger partial charge is 0.508 e. The highest BCUT2D eigenvalue weighted by Crippen LogP contribution is 2.35. The zero-order valence-corrected chi connectivity index (χ0v) is 20.8. The van der Waals surface area contributed by atoms with Crippen molar-refractivity contribution < 1.29 is 29.3 Å². The molecule has 8 heteroatoms. The molecule has 8 nitrogen and oxygen atoms in total. The Morgan fingerprint density at radius 2 is 1.75 bits per heavy atom. The number of fused-ring (bicyclic) bond motifs is 1. The minimum Gasteiger partial charge on any atom is -0.508 e. The van der Waals surface area contributed by atoms with Crippen LogP contribution in [-0.2, 0) is 13.0 Å². The van der Waals surface area contributed by atoms with Crippen LogP contribution in [0.5, 0.6) is 23.0 Å². The lowest BCUT2D eigenvalue weighted by molar-refractivity contribution is 0.0784. The fourth-order valence-electron chi connectivity index (χ4n) is 4.57. The van der Waals surface area contributed by atoms with Crippen molar-refractivity contribution in [1.82, 2.24) is 4.90 Å². The Balaban J connectivity index is 1.57. The molecule has 0 spiro atoms. The molecule has 0 saturated heterocycles. The molecule has 0 radical (unpaired) electrons. The van der Waals surface area contributed by atoms with E-state index in [0.29, 0.717) is 29.3 Å². The summed E-state index contributed by atoms with van der Waals surface area (Å²) in [5, 5.41) is 19.8. The van der Waals surface area contributed by atoms with E-state index in [9.17, 15) is 19.8 Å². The number of phenolic OH excluding ortho intramolecular Hbond substituents is 2. The van der Waals surface area contributed by atoms with Crippen LogP contribution in [0.1, 0.15) is 45.2 Å². The Hall–Kier alpha value is -4.20. The first-order chi connectivity index (χ1) is 17.2. The number of amides is 2. The summed E-state index contributed by atoms with van der Waals surface area (Å²) in [5.41, 5.74) is 3.16. The third kappa shape index (κ3) is 4.79. The SMILES string of the molecule is COc1ccc(CN(C)C(=O)c2ccc3c(c2)CCC(C)N3C(=O)c2ccc(O)cc2O)cc1OC. The summed E-state index contributed by atoms with van der Waals surface area (Å²) in [5.74, 6) is 0.340. The quantitative estimate of drug-likeness (QED) is 0.532. The highest BCUT2D eigenvalue weighted by Gasteiger charge is 2.31. The molecule has 1 atom stereocenters. The van der Waals surface area contributed by atoms with Gasteiger partial charge in [-0.15, -0.1) is 0 Å². The summed E-state index contributed by atoms with van der Waals surface area (Å²) in [4.78, 5) is 29.8. The first kappa shape index (κ1) is 24.9. The smallest absolute Gasteiger partial charge is 0.262 e. The Morgan fingerprint density at radius 3 is 2.44 bits per heavy atom. The monoisotopic (exact) mass is 490 g/mol. The maximum absolute atomic E-state index is 13.3. The fourth-order valence-corrected chi connectivity index (χ4v) is 4.57. The molecule has 1 aliphatic heterocycles. The van der Waals surface area contributed by atoms with Crippen molar-refractivity contribution in [3.8, 4) is 23.0 Å². The van der Waals surface area contributed by atoms with Crippen LogP contribution in [0.15, 0.2) is 54.6 Å². The van der Waals surface area contributed by atoms with Crippen LogP contribution in [0.25, 0.3) is 0 Å². The average molecular weight is 491 g/mol. The lowest BCUT2D eigenvalue weighted by atomic mass is 9.93. The molecule has 0 fully saturated rings. The van der Waals surface area contributed by atoms with Crippen molar-refractivity contribution >= 4 is 17.5 Å².